The summed E-state index contributed by atoms with van der Waals surface area (Å²) in [5.74, 6) is 1.79. The van der Waals surface area contributed by atoms with Gasteiger partial charge < -0.3 is 14.4 Å². The molecule has 4 heteroatoms. The third kappa shape index (κ3) is 3.71. The van der Waals surface area contributed by atoms with Gasteiger partial charge in [-0.3, -0.25) is 4.90 Å². The van der Waals surface area contributed by atoms with Crippen LogP contribution in [-0.4, -0.2) is 50.7 Å². The summed E-state index contributed by atoms with van der Waals surface area (Å²) in [5.41, 5.74) is 2.54. The van der Waals surface area contributed by atoms with Gasteiger partial charge in [-0.2, -0.15) is 0 Å². The van der Waals surface area contributed by atoms with Crippen molar-refractivity contribution in [3.05, 3.63) is 59.7 Å². The molecule has 0 saturated carbocycles. The van der Waals surface area contributed by atoms with Gasteiger partial charge in [0.25, 0.3) is 0 Å². The minimum Gasteiger partial charge on any atom is -0.497 e. The molecule has 1 heterocycles. The molecule has 0 radical (unpaired) electrons. The highest BCUT2D eigenvalue weighted by Crippen LogP contribution is 2.30. The average molecular weight is 326 g/mol. The molecule has 1 fully saturated rings. The maximum atomic E-state index is 5.56. The van der Waals surface area contributed by atoms with Crippen molar-refractivity contribution in [1.82, 2.24) is 9.80 Å². The first-order chi connectivity index (χ1) is 11.7. The number of hydrogen-bond donors (Lipinski definition) is 0. The fourth-order valence-corrected chi connectivity index (χ4v) is 3.36. The van der Waals surface area contributed by atoms with Gasteiger partial charge in [-0.05, 0) is 30.8 Å². The Labute approximate surface area is 144 Å². The third-order valence-corrected chi connectivity index (χ3v) is 4.74. The number of nitrogens with zero attached hydrogens (tertiary/aromatic N) is 2. The molecule has 0 aliphatic carbocycles. The van der Waals surface area contributed by atoms with Crippen molar-refractivity contribution < 1.29 is 9.47 Å². The first kappa shape index (κ1) is 16.8. The largest absolute Gasteiger partial charge is 0.497 e. The van der Waals surface area contributed by atoms with E-state index in [2.05, 4.69) is 53.2 Å². The molecule has 1 aliphatic heterocycles. The molecule has 128 valence electrons. The zero-order valence-corrected chi connectivity index (χ0v) is 14.7. The minimum absolute atomic E-state index is 0.390. The molecule has 1 saturated heterocycles. The molecule has 4 nitrogen and oxygen atoms in total. The molecule has 1 atom stereocenters. The SMILES string of the molecule is COc1ccc(OC)c(CN2CCN(C)CC2c2ccccc2)c1. The van der Waals surface area contributed by atoms with Crippen molar-refractivity contribution in [3.63, 3.8) is 0 Å². The van der Waals surface area contributed by atoms with E-state index in [4.69, 9.17) is 9.47 Å². The number of rotatable bonds is 5. The Bertz CT molecular complexity index is 660. The van der Waals surface area contributed by atoms with E-state index in [0.717, 1.165) is 37.7 Å². The van der Waals surface area contributed by atoms with Crippen molar-refractivity contribution in [2.75, 3.05) is 40.9 Å². The maximum absolute atomic E-state index is 5.56. The van der Waals surface area contributed by atoms with Gasteiger partial charge in [0.15, 0.2) is 0 Å². The molecule has 1 aliphatic rings. The van der Waals surface area contributed by atoms with Crippen molar-refractivity contribution in [3.8, 4) is 11.5 Å². The van der Waals surface area contributed by atoms with Crippen LogP contribution in [0, 0.1) is 0 Å². The lowest BCUT2D eigenvalue weighted by Gasteiger charge is -2.40. The summed E-state index contributed by atoms with van der Waals surface area (Å²) in [6.45, 7) is 4.01. The highest BCUT2D eigenvalue weighted by molar-refractivity contribution is 5.40. The Morgan fingerprint density at radius 3 is 2.50 bits per heavy atom. The molecule has 3 rings (SSSR count). The predicted molar refractivity (Wildman–Crippen MR) is 96.6 cm³/mol. The standard InChI is InChI=1S/C20H26N2O2/c1-21-11-12-22(19(15-21)16-7-5-4-6-8-16)14-17-13-18(23-2)9-10-20(17)24-3/h4-10,13,19H,11-12,14-15H2,1-3H3. The average Bonchev–Trinajstić information content (AvgIpc) is 2.63. The summed E-state index contributed by atoms with van der Waals surface area (Å²) < 4.78 is 10.9. The van der Waals surface area contributed by atoms with Crippen LogP contribution in [0.4, 0.5) is 0 Å². The van der Waals surface area contributed by atoms with Gasteiger partial charge in [-0.15, -0.1) is 0 Å². The van der Waals surface area contributed by atoms with Gasteiger partial charge in [0.2, 0.25) is 0 Å². The maximum Gasteiger partial charge on any atom is 0.123 e. The molecule has 0 amide bonds. The first-order valence-corrected chi connectivity index (χ1v) is 8.39. The van der Waals surface area contributed by atoms with Crippen molar-refractivity contribution in [1.29, 1.82) is 0 Å². The van der Waals surface area contributed by atoms with E-state index in [1.807, 2.05) is 12.1 Å². The summed E-state index contributed by atoms with van der Waals surface area (Å²) in [7, 11) is 5.62. The summed E-state index contributed by atoms with van der Waals surface area (Å²) in [5, 5.41) is 0. The van der Waals surface area contributed by atoms with Gasteiger partial charge >= 0.3 is 0 Å². The third-order valence-electron chi connectivity index (χ3n) is 4.74. The van der Waals surface area contributed by atoms with Gasteiger partial charge in [0, 0.05) is 37.8 Å². The second-order valence-corrected chi connectivity index (χ2v) is 6.34. The van der Waals surface area contributed by atoms with Crippen LogP contribution < -0.4 is 9.47 Å². The fourth-order valence-electron chi connectivity index (χ4n) is 3.36. The molecule has 0 bridgehead atoms. The van der Waals surface area contributed by atoms with Crippen molar-refractivity contribution in [2.45, 2.75) is 12.6 Å². The van der Waals surface area contributed by atoms with E-state index in [1.165, 1.54) is 11.1 Å². The highest BCUT2D eigenvalue weighted by atomic mass is 16.5. The molecular weight excluding hydrogens is 300 g/mol. The van der Waals surface area contributed by atoms with Crippen LogP contribution in [0.3, 0.4) is 0 Å². The van der Waals surface area contributed by atoms with Crippen LogP contribution in [-0.2, 0) is 6.54 Å². The van der Waals surface area contributed by atoms with Crippen molar-refractivity contribution in [2.24, 2.45) is 0 Å². The van der Waals surface area contributed by atoms with Gasteiger partial charge in [0.1, 0.15) is 11.5 Å². The summed E-state index contributed by atoms with van der Waals surface area (Å²) in [6, 6.07) is 17.2. The lowest BCUT2D eigenvalue weighted by Crippen LogP contribution is -2.46. The Kier molecular flexibility index (Phi) is 5.38. The first-order valence-electron chi connectivity index (χ1n) is 8.39. The lowest BCUT2D eigenvalue weighted by molar-refractivity contribution is 0.0826. The Morgan fingerprint density at radius 1 is 1.00 bits per heavy atom. The van der Waals surface area contributed by atoms with E-state index in [9.17, 15) is 0 Å². The van der Waals surface area contributed by atoms with E-state index in [1.54, 1.807) is 14.2 Å². The van der Waals surface area contributed by atoms with E-state index in [0.29, 0.717) is 6.04 Å². The number of piperazine rings is 1. The summed E-state index contributed by atoms with van der Waals surface area (Å²) in [4.78, 5) is 4.93. The van der Waals surface area contributed by atoms with E-state index >= 15 is 0 Å². The second kappa shape index (κ2) is 7.69. The van der Waals surface area contributed by atoms with Gasteiger partial charge in [-0.25, -0.2) is 0 Å². The lowest BCUT2D eigenvalue weighted by atomic mass is 10.0. The summed E-state index contributed by atoms with van der Waals surface area (Å²) >= 11 is 0. The Balaban J connectivity index is 1.87. The molecular formula is C20H26N2O2. The molecule has 0 spiro atoms. The quantitative estimate of drug-likeness (QED) is 0.842. The number of hydrogen-bond acceptors (Lipinski definition) is 4. The zero-order valence-electron chi connectivity index (χ0n) is 14.7. The predicted octanol–water partition coefficient (Wildman–Crippen LogP) is 3.19. The van der Waals surface area contributed by atoms with Crippen LogP contribution >= 0.6 is 0 Å². The van der Waals surface area contributed by atoms with E-state index < -0.39 is 0 Å². The summed E-state index contributed by atoms with van der Waals surface area (Å²) in [6.07, 6.45) is 0. The fraction of sp³-hybridized carbons (Fsp3) is 0.400. The van der Waals surface area contributed by atoms with Crippen LogP contribution in [0.25, 0.3) is 0 Å². The normalized spacial score (nSPS) is 19.2. The van der Waals surface area contributed by atoms with Crippen LogP contribution in [0.15, 0.2) is 48.5 Å². The van der Waals surface area contributed by atoms with Crippen LogP contribution in [0.1, 0.15) is 17.2 Å². The molecule has 1 unspecified atom stereocenters. The second-order valence-electron chi connectivity index (χ2n) is 6.34. The Morgan fingerprint density at radius 2 is 1.79 bits per heavy atom. The van der Waals surface area contributed by atoms with Crippen LogP contribution in [0.5, 0.6) is 11.5 Å². The number of benzene rings is 2. The topological polar surface area (TPSA) is 24.9 Å². The number of methoxy groups -OCH3 is 2. The highest BCUT2D eigenvalue weighted by Gasteiger charge is 2.27. The zero-order chi connectivity index (χ0) is 16.9. The molecule has 2 aromatic rings. The van der Waals surface area contributed by atoms with Crippen molar-refractivity contribution >= 4 is 0 Å². The molecule has 2 aromatic carbocycles. The van der Waals surface area contributed by atoms with Gasteiger partial charge in [0.05, 0.1) is 14.2 Å². The molecule has 0 aromatic heterocycles. The Hall–Kier alpha value is -2.04. The minimum atomic E-state index is 0.390. The van der Waals surface area contributed by atoms with E-state index in [-0.39, 0.29) is 0 Å². The molecule has 0 N–H and O–H groups in total. The van der Waals surface area contributed by atoms with Gasteiger partial charge in [-0.1, -0.05) is 30.3 Å². The smallest absolute Gasteiger partial charge is 0.123 e. The number of likely N-dealkylation sites (N-methyl/N-ethyl adjacent to an activating group) is 1. The van der Waals surface area contributed by atoms with Crippen LogP contribution in [0.2, 0.25) is 0 Å². The molecule has 24 heavy (non-hydrogen) atoms. The number of ether oxygens (including phenoxy) is 2. The monoisotopic (exact) mass is 326 g/mol.